The Hall–Kier alpha value is -3.39. The molecule has 2 heterocycles. The number of anilines is 1. The maximum atomic E-state index is 14.2. The Morgan fingerprint density at radius 3 is 2.45 bits per heavy atom. The van der Waals surface area contributed by atoms with E-state index in [-0.39, 0.29) is 11.6 Å². The summed E-state index contributed by atoms with van der Waals surface area (Å²) in [5, 5.41) is 4.59. The third-order valence-corrected chi connectivity index (χ3v) is 6.37. The maximum Gasteiger partial charge on any atom is 0.254 e. The molecular weight excluding hydrogens is 419 g/mol. The van der Waals surface area contributed by atoms with Crippen LogP contribution in [-0.2, 0) is 4.79 Å². The third kappa shape index (κ3) is 3.63. The number of likely N-dealkylation sites (N-methyl/N-ethyl adjacent to an activating group) is 1. The Morgan fingerprint density at radius 2 is 1.81 bits per heavy atom. The Bertz CT molecular complexity index is 1130. The first-order chi connectivity index (χ1) is 15.0. The summed E-state index contributed by atoms with van der Waals surface area (Å²) in [4.78, 5) is 29.1. The second-order valence-electron chi connectivity index (χ2n) is 7.12. The Balaban J connectivity index is 1.87. The first-order valence-corrected chi connectivity index (χ1v) is 10.5. The fourth-order valence-corrected chi connectivity index (χ4v) is 4.82. The van der Waals surface area contributed by atoms with Gasteiger partial charge in [-0.1, -0.05) is 18.2 Å². The van der Waals surface area contributed by atoms with Gasteiger partial charge in [-0.05, 0) is 41.3 Å². The van der Waals surface area contributed by atoms with E-state index in [1.807, 2.05) is 17.5 Å². The SMILES string of the molecule is COc1cc2c(cc1OC)[C@@H](C(=O)Nc1ccccc1F)[C@@H](c1cccs1)N(C)C2=O. The van der Waals surface area contributed by atoms with Gasteiger partial charge in [-0.2, -0.15) is 0 Å². The molecule has 2 atom stereocenters. The molecule has 6 nitrogen and oxygen atoms in total. The van der Waals surface area contributed by atoms with Gasteiger partial charge in [-0.15, -0.1) is 11.3 Å². The summed E-state index contributed by atoms with van der Waals surface area (Å²) in [6, 6.07) is 12.4. The predicted octanol–water partition coefficient (Wildman–Crippen LogP) is 4.45. The average molecular weight is 440 g/mol. The van der Waals surface area contributed by atoms with E-state index in [0.717, 1.165) is 4.88 Å². The first kappa shape index (κ1) is 20.9. The molecule has 2 aromatic carbocycles. The summed E-state index contributed by atoms with van der Waals surface area (Å²) in [7, 11) is 4.64. The fraction of sp³-hybridized carbons (Fsp3) is 0.217. The van der Waals surface area contributed by atoms with Crippen molar-refractivity contribution >= 4 is 28.8 Å². The molecule has 0 fully saturated rings. The standard InChI is InChI=1S/C23H21FN2O4S/c1-26-21(19-9-6-10-31-19)20(22(27)25-16-8-5-4-7-15(16)24)13-11-17(29-2)18(30-3)12-14(13)23(26)28/h4-12,20-21H,1-3H3,(H,25,27)/t20-,21-/m1/s1. The molecule has 3 aromatic rings. The zero-order chi connectivity index (χ0) is 22.1. The highest BCUT2D eigenvalue weighted by molar-refractivity contribution is 7.10. The van der Waals surface area contributed by atoms with Crippen LogP contribution in [0, 0.1) is 5.82 Å². The van der Waals surface area contributed by atoms with E-state index < -0.39 is 23.7 Å². The van der Waals surface area contributed by atoms with E-state index in [0.29, 0.717) is 22.6 Å². The molecule has 0 saturated heterocycles. The number of ether oxygens (including phenoxy) is 2. The van der Waals surface area contributed by atoms with Gasteiger partial charge in [0.05, 0.1) is 31.9 Å². The van der Waals surface area contributed by atoms with Crippen LogP contribution in [0.15, 0.2) is 53.9 Å². The lowest BCUT2D eigenvalue weighted by molar-refractivity contribution is -0.119. The number of methoxy groups -OCH3 is 2. The average Bonchev–Trinajstić information content (AvgIpc) is 3.31. The topological polar surface area (TPSA) is 67.9 Å². The van der Waals surface area contributed by atoms with Gasteiger partial charge in [0.1, 0.15) is 5.82 Å². The van der Waals surface area contributed by atoms with Crippen molar-refractivity contribution in [2.75, 3.05) is 26.6 Å². The number of fused-ring (bicyclic) bond motifs is 1. The van der Waals surface area contributed by atoms with E-state index in [1.165, 1.54) is 37.7 Å². The Kier molecular flexibility index (Phi) is 5.65. The monoisotopic (exact) mass is 440 g/mol. The van der Waals surface area contributed by atoms with Gasteiger partial charge in [0, 0.05) is 17.5 Å². The Labute approximate surface area is 183 Å². The van der Waals surface area contributed by atoms with Crippen LogP contribution in [0.1, 0.15) is 32.8 Å². The van der Waals surface area contributed by atoms with Gasteiger partial charge in [0.25, 0.3) is 5.91 Å². The molecule has 0 spiro atoms. The summed E-state index contributed by atoms with van der Waals surface area (Å²) in [5.41, 5.74) is 0.939. The van der Waals surface area contributed by atoms with Gasteiger partial charge in [0.15, 0.2) is 11.5 Å². The smallest absolute Gasteiger partial charge is 0.254 e. The highest BCUT2D eigenvalue weighted by Crippen LogP contribution is 2.46. The summed E-state index contributed by atoms with van der Waals surface area (Å²) in [5.74, 6) is -1.16. The maximum absolute atomic E-state index is 14.2. The van der Waals surface area contributed by atoms with Crippen LogP contribution in [0.4, 0.5) is 10.1 Å². The van der Waals surface area contributed by atoms with Crippen molar-refractivity contribution in [2.45, 2.75) is 12.0 Å². The van der Waals surface area contributed by atoms with E-state index >= 15 is 0 Å². The number of thiophene rings is 1. The van der Waals surface area contributed by atoms with Crippen LogP contribution in [-0.4, -0.2) is 38.0 Å². The zero-order valence-electron chi connectivity index (χ0n) is 17.2. The lowest BCUT2D eigenvalue weighted by Gasteiger charge is -2.39. The molecule has 0 unspecified atom stereocenters. The summed E-state index contributed by atoms with van der Waals surface area (Å²) < 4.78 is 25.0. The summed E-state index contributed by atoms with van der Waals surface area (Å²) >= 11 is 1.45. The van der Waals surface area contributed by atoms with Crippen molar-refractivity contribution in [1.29, 1.82) is 0 Å². The number of para-hydroxylation sites is 1. The highest BCUT2D eigenvalue weighted by atomic mass is 32.1. The lowest BCUT2D eigenvalue weighted by Crippen LogP contribution is -2.43. The van der Waals surface area contributed by atoms with Gasteiger partial charge in [-0.3, -0.25) is 9.59 Å². The molecule has 1 aromatic heterocycles. The van der Waals surface area contributed by atoms with Crippen molar-refractivity contribution in [3.8, 4) is 11.5 Å². The van der Waals surface area contributed by atoms with Crippen LogP contribution in [0.25, 0.3) is 0 Å². The number of hydrogen-bond acceptors (Lipinski definition) is 5. The number of carbonyl (C=O) groups is 2. The predicted molar refractivity (Wildman–Crippen MR) is 116 cm³/mol. The van der Waals surface area contributed by atoms with Crippen LogP contribution in [0.2, 0.25) is 0 Å². The number of benzene rings is 2. The molecule has 1 aliphatic heterocycles. The molecule has 2 amide bonds. The molecule has 160 valence electrons. The minimum absolute atomic E-state index is 0.0824. The fourth-order valence-electron chi connectivity index (χ4n) is 3.92. The normalized spacial score (nSPS) is 17.8. The van der Waals surface area contributed by atoms with Crippen molar-refractivity contribution in [3.05, 3.63) is 75.7 Å². The molecule has 1 N–H and O–H groups in total. The van der Waals surface area contributed by atoms with Crippen LogP contribution < -0.4 is 14.8 Å². The number of rotatable bonds is 5. The molecule has 8 heteroatoms. The second kappa shape index (κ2) is 8.39. The van der Waals surface area contributed by atoms with Gasteiger partial charge in [0.2, 0.25) is 5.91 Å². The van der Waals surface area contributed by atoms with Gasteiger partial charge >= 0.3 is 0 Å². The van der Waals surface area contributed by atoms with E-state index in [1.54, 1.807) is 36.2 Å². The van der Waals surface area contributed by atoms with Crippen molar-refractivity contribution in [2.24, 2.45) is 0 Å². The minimum Gasteiger partial charge on any atom is -0.493 e. The number of nitrogens with zero attached hydrogens (tertiary/aromatic N) is 1. The summed E-state index contributed by atoms with van der Waals surface area (Å²) in [6.45, 7) is 0. The molecular formula is C23H21FN2O4S. The minimum atomic E-state index is -0.782. The zero-order valence-corrected chi connectivity index (χ0v) is 18.0. The number of amides is 2. The van der Waals surface area contributed by atoms with E-state index in [2.05, 4.69) is 5.32 Å². The van der Waals surface area contributed by atoms with Crippen molar-refractivity contribution < 1.29 is 23.5 Å². The van der Waals surface area contributed by atoms with Crippen LogP contribution in [0.5, 0.6) is 11.5 Å². The molecule has 31 heavy (non-hydrogen) atoms. The molecule has 4 rings (SSSR count). The molecule has 0 bridgehead atoms. The Morgan fingerprint density at radius 1 is 1.10 bits per heavy atom. The first-order valence-electron chi connectivity index (χ1n) is 9.58. The third-order valence-electron chi connectivity index (χ3n) is 5.42. The molecule has 1 aliphatic rings. The largest absolute Gasteiger partial charge is 0.493 e. The summed E-state index contributed by atoms with van der Waals surface area (Å²) in [6.07, 6.45) is 0. The van der Waals surface area contributed by atoms with Gasteiger partial charge in [-0.25, -0.2) is 4.39 Å². The van der Waals surface area contributed by atoms with Crippen molar-refractivity contribution in [3.63, 3.8) is 0 Å². The van der Waals surface area contributed by atoms with E-state index in [9.17, 15) is 14.0 Å². The number of hydrogen-bond donors (Lipinski definition) is 1. The van der Waals surface area contributed by atoms with E-state index in [4.69, 9.17) is 9.47 Å². The molecule has 0 aliphatic carbocycles. The van der Waals surface area contributed by atoms with Crippen LogP contribution in [0.3, 0.4) is 0 Å². The van der Waals surface area contributed by atoms with Gasteiger partial charge < -0.3 is 19.7 Å². The number of halogens is 1. The van der Waals surface area contributed by atoms with Crippen molar-refractivity contribution in [1.82, 2.24) is 4.90 Å². The molecule has 0 radical (unpaired) electrons. The number of nitrogens with one attached hydrogen (secondary N) is 1. The van der Waals surface area contributed by atoms with Crippen LogP contribution >= 0.6 is 11.3 Å². The molecule has 0 saturated carbocycles. The quantitative estimate of drug-likeness (QED) is 0.636. The second-order valence-corrected chi connectivity index (χ2v) is 8.10. The number of carbonyl (C=O) groups excluding carboxylic acids is 2. The lowest BCUT2D eigenvalue weighted by atomic mass is 9.81. The highest BCUT2D eigenvalue weighted by Gasteiger charge is 2.44.